The van der Waals surface area contributed by atoms with Crippen LogP contribution in [0.2, 0.25) is 0 Å². The Balaban J connectivity index is 1.87. The van der Waals surface area contributed by atoms with Crippen molar-refractivity contribution in [1.29, 1.82) is 0 Å². The van der Waals surface area contributed by atoms with E-state index in [1.165, 1.54) is 4.90 Å². The van der Waals surface area contributed by atoms with Gasteiger partial charge in [-0.3, -0.25) is 9.59 Å². The van der Waals surface area contributed by atoms with Crippen molar-refractivity contribution in [2.45, 2.75) is 31.9 Å². The summed E-state index contributed by atoms with van der Waals surface area (Å²) in [6, 6.07) is 0. The molecule has 1 aliphatic heterocycles. The van der Waals surface area contributed by atoms with Crippen LogP contribution in [-0.4, -0.2) is 42.5 Å². The standard InChI is InChI=1S/C12H17F3N2O2/c13-12(14,15)9-3-1-8(2-4-9)11(19)17-6-5-16-10(18)7-17/h8-9H,1-7H2,(H,16,18). The van der Waals surface area contributed by atoms with Crippen LogP contribution in [0.15, 0.2) is 0 Å². The normalized spacial score (nSPS) is 29.0. The molecule has 0 radical (unpaired) electrons. The summed E-state index contributed by atoms with van der Waals surface area (Å²) in [5.41, 5.74) is 0. The van der Waals surface area contributed by atoms with Gasteiger partial charge in [-0.1, -0.05) is 0 Å². The summed E-state index contributed by atoms with van der Waals surface area (Å²) in [7, 11) is 0. The van der Waals surface area contributed by atoms with Crippen molar-refractivity contribution in [2.24, 2.45) is 11.8 Å². The quantitative estimate of drug-likeness (QED) is 0.786. The van der Waals surface area contributed by atoms with E-state index in [0.29, 0.717) is 13.1 Å². The summed E-state index contributed by atoms with van der Waals surface area (Å²) < 4.78 is 37.6. The largest absolute Gasteiger partial charge is 0.391 e. The third-order valence-electron chi connectivity index (χ3n) is 3.89. The van der Waals surface area contributed by atoms with Gasteiger partial charge in [-0.05, 0) is 25.7 Å². The molecule has 19 heavy (non-hydrogen) atoms. The van der Waals surface area contributed by atoms with E-state index in [1.807, 2.05) is 0 Å². The molecular formula is C12H17F3N2O2. The number of nitrogens with zero attached hydrogens (tertiary/aromatic N) is 1. The van der Waals surface area contributed by atoms with E-state index in [2.05, 4.69) is 5.32 Å². The monoisotopic (exact) mass is 278 g/mol. The van der Waals surface area contributed by atoms with Crippen LogP contribution in [0.3, 0.4) is 0 Å². The smallest absolute Gasteiger partial charge is 0.353 e. The Bertz CT molecular complexity index is 362. The van der Waals surface area contributed by atoms with Crippen LogP contribution >= 0.6 is 0 Å². The van der Waals surface area contributed by atoms with Crippen LogP contribution in [0.25, 0.3) is 0 Å². The highest BCUT2D eigenvalue weighted by molar-refractivity contribution is 5.87. The first-order valence-corrected chi connectivity index (χ1v) is 6.50. The lowest BCUT2D eigenvalue weighted by atomic mass is 9.81. The minimum Gasteiger partial charge on any atom is -0.353 e. The molecule has 0 aromatic carbocycles. The van der Waals surface area contributed by atoms with Crippen LogP contribution in [0, 0.1) is 11.8 Å². The molecule has 1 N–H and O–H groups in total. The van der Waals surface area contributed by atoms with Gasteiger partial charge >= 0.3 is 6.18 Å². The number of rotatable bonds is 1. The molecule has 0 atom stereocenters. The van der Waals surface area contributed by atoms with E-state index >= 15 is 0 Å². The third kappa shape index (κ3) is 3.39. The molecular weight excluding hydrogens is 261 g/mol. The van der Waals surface area contributed by atoms with Crippen LogP contribution in [-0.2, 0) is 9.59 Å². The fourth-order valence-electron chi connectivity index (χ4n) is 2.75. The number of alkyl halides is 3. The van der Waals surface area contributed by atoms with Gasteiger partial charge in [0, 0.05) is 19.0 Å². The van der Waals surface area contributed by atoms with Gasteiger partial charge in [0.05, 0.1) is 12.5 Å². The molecule has 108 valence electrons. The predicted molar refractivity (Wildman–Crippen MR) is 61.1 cm³/mol. The molecule has 2 aliphatic rings. The summed E-state index contributed by atoms with van der Waals surface area (Å²) in [6.07, 6.45) is -3.60. The zero-order valence-corrected chi connectivity index (χ0v) is 10.5. The molecule has 1 saturated carbocycles. The second-order valence-corrected chi connectivity index (χ2v) is 5.20. The molecule has 1 saturated heterocycles. The Hall–Kier alpha value is -1.27. The Kier molecular flexibility index (Phi) is 4.01. The molecule has 1 aliphatic carbocycles. The van der Waals surface area contributed by atoms with Crippen molar-refractivity contribution >= 4 is 11.8 Å². The number of nitrogens with one attached hydrogen (secondary N) is 1. The van der Waals surface area contributed by atoms with E-state index in [-0.39, 0.29) is 50.0 Å². The lowest BCUT2D eigenvalue weighted by molar-refractivity contribution is -0.185. The summed E-state index contributed by atoms with van der Waals surface area (Å²) in [6.45, 7) is 0.893. The van der Waals surface area contributed by atoms with Gasteiger partial charge in [0.2, 0.25) is 11.8 Å². The number of hydrogen-bond donors (Lipinski definition) is 1. The number of hydrogen-bond acceptors (Lipinski definition) is 2. The van der Waals surface area contributed by atoms with Gasteiger partial charge < -0.3 is 10.2 Å². The molecule has 2 amide bonds. The summed E-state index contributed by atoms with van der Waals surface area (Å²) >= 11 is 0. The van der Waals surface area contributed by atoms with Crippen LogP contribution in [0.1, 0.15) is 25.7 Å². The van der Waals surface area contributed by atoms with Crippen molar-refractivity contribution < 1.29 is 22.8 Å². The van der Waals surface area contributed by atoms with E-state index < -0.39 is 12.1 Å². The van der Waals surface area contributed by atoms with Gasteiger partial charge in [-0.15, -0.1) is 0 Å². The molecule has 1 heterocycles. The molecule has 0 bridgehead atoms. The lowest BCUT2D eigenvalue weighted by Crippen LogP contribution is -2.52. The fraction of sp³-hybridized carbons (Fsp3) is 0.833. The first-order valence-electron chi connectivity index (χ1n) is 6.50. The third-order valence-corrected chi connectivity index (χ3v) is 3.89. The highest BCUT2D eigenvalue weighted by atomic mass is 19.4. The average Bonchev–Trinajstić information content (AvgIpc) is 2.37. The number of piperazine rings is 1. The number of amides is 2. The first kappa shape index (κ1) is 14.1. The Morgan fingerprint density at radius 3 is 2.37 bits per heavy atom. The Morgan fingerprint density at radius 1 is 1.21 bits per heavy atom. The maximum atomic E-state index is 12.5. The van der Waals surface area contributed by atoms with Crippen molar-refractivity contribution in [3.05, 3.63) is 0 Å². The zero-order valence-electron chi connectivity index (χ0n) is 10.5. The summed E-state index contributed by atoms with van der Waals surface area (Å²) in [5, 5.41) is 2.62. The van der Waals surface area contributed by atoms with E-state index in [0.717, 1.165) is 0 Å². The highest BCUT2D eigenvalue weighted by Gasteiger charge is 2.43. The number of carbonyl (C=O) groups is 2. The van der Waals surface area contributed by atoms with Crippen LogP contribution in [0.5, 0.6) is 0 Å². The molecule has 2 fully saturated rings. The minimum absolute atomic E-state index is 0.0138. The fourth-order valence-corrected chi connectivity index (χ4v) is 2.75. The Labute approximate surface area is 109 Å². The lowest BCUT2D eigenvalue weighted by Gasteiger charge is -2.34. The van der Waals surface area contributed by atoms with E-state index in [4.69, 9.17) is 0 Å². The molecule has 0 unspecified atom stereocenters. The predicted octanol–water partition coefficient (Wildman–Crippen LogP) is 1.31. The second-order valence-electron chi connectivity index (χ2n) is 5.20. The van der Waals surface area contributed by atoms with Gasteiger partial charge in [0.1, 0.15) is 0 Å². The number of halogens is 3. The molecule has 0 aromatic rings. The van der Waals surface area contributed by atoms with Crippen molar-refractivity contribution in [2.75, 3.05) is 19.6 Å². The van der Waals surface area contributed by atoms with Gasteiger partial charge in [-0.2, -0.15) is 13.2 Å². The number of carbonyl (C=O) groups excluding carboxylic acids is 2. The second kappa shape index (κ2) is 5.38. The van der Waals surface area contributed by atoms with E-state index in [1.54, 1.807) is 0 Å². The Morgan fingerprint density at radius 2 is 1.84 bits per heavy atom. The van der Waals surface area contributed by atoms with Crippen LogP contribution in [0.4, 0.5) is 13.2 Å². The van der Waals surface area contributed by atoms with Gasteiger partial charge in [0.15, 0.2) is 0 Å². The topological polar surface area (TPSA) is 49.4 Å². The average molecular weight is 278 g/mol. The zero-order chi connectivity index (χ0) is 14.0. The van der Waals surface area contributed by atoms with Crippen LogP contribution < -0.4 is 5.32 Å². The SMILES string of the molecule is O=C1CN(C(=O)C2CCC(C(F)(F)F)CC2)CCN1. The minimum atomic E-state index is -4.15. The van der Waals surface area contributed by atoms with Crippen molar-refractivity contribution in [1.82, 2.24) is 10.2 Å². The van der Waals surface area contributed by atoms with E-state index in [9.17, 15) is 22.8 Å². The molecule has 4 nitrogen and oxygen atoms in total. The first-order chi connectivity index (χ1) is 8.88. The van der Waals surface area contributed by atoms with Crippen molar-refractivity contribution in [3.63, 3.8) is 0 Å². The van der Waals surface area contributed by atoms with Gasteiger partial charge in [-0.25, -0.2) is 0 Å². The summed E-state index contributed by atoms with van der Waals surface area (Å²) in [4.78, 5) is 24.8. The van der Waals surface area contributed by atoms with Crippen molar-refractivity contribution in [3.8, 4) is 0 Å². The molecule has 7 heteroatoms. The highest BCUT2D eigenvalue weighted by Crippen LogP contribution is 2.39. The molecule has 0 spiro atoms. The molecule has 2 rings (SSSR count). The maximum absolute atomic E-state index is 12.5. The van der Waals surface area contributed by atoms with Gasteiger partial charge in [0.25, 0.3) is 0 Å². The summed E-state index contributed by atoms with van der Waals surface area (Å²) in [5.74, 6) is -2.01. The maximum Gasteiger partial charge on any atom is 0.391 e. The molecule has 0 aromatic heterocycles.